The first-order valence-electron chi connectivity index (χ1n) is 7.39. The minimum absolute atomic E-state index is 0.196. The summed E-state index contributed by atoms with van der Waals surface area (Å²) in [7, 11) is 0. The van der Waals surface area contributed by atoms with Crippen LogP contribution in [-0.2, 0) is 11.3 Å². The molecular weight excluding hydrogens is 255 g/mol. The van der Waals surface area contributed by atoms with Crippen molar-refractivity contribution in [1.82, 2.24) is 10.2 Å². The number of amides is 1. The fourth-order valence-electron chi connectivity index (χ4n) is 2.93. The first-order valence-corrected chi connectivity index (χ1v) is 7.39. The zero-order chi connectivity index (χ0) is 14.2. The summed E-state index contributed by atoms with van der Waals surface area (Å²) in [4.78, 5) is 14.8. The standard InChI is InChI=1S/C16H21FN2O/c1-16(9-2-10-18-16)15(20)19(14-7-8-14)11-12-3-5-13(17)6-4-12/h3-6,14,18H,2,7-11H2,1H3. The normalized spacial score (nSPS) is 25.7. The lowest BCUT2D eigenvalue weighted by Gasteiger charge is -2.32. The molecule has 1 saturated heterocycles. The summed E-state index contributed by atoms with van der Waals surface area (Å²) in [5, 5.41) is 3.34. The second-order valence-electron chi connectivity index (χ2n) is 6.15. The van der Waals surface area contributed by atoms with Crippen LogP contribution in [0.3, 0.4) is 0 Å². The summed E-state index contributed by atoms with van der Waals surface area (Å²) < 4.78 is 13.0. The summed E-state index contributed by atoms with van der Waals surface area (Å²) in [5.74, 6) is -0.0377. The third-order valence-electron chi connectivity index (χ3n) is 4.36. The Morgan fingerprint density at radius 1 is 1.40 bits per heavy atom. The van der Waals surface area contributed by atoms with Gasteiger partial charge in [-0.1, -0.05) is 12.1 Å². The molecule has 3 rings (SSSR count). The van der Waals surface area contributed by atoms with Gasteiger partial charge in [0, 0.05) is 12.6 Å². The topological polar surface area (TPSA) is 32.3 Å². The molecule has 1 aromatic rings. The average molecular weight is 276 g/mol. The van der Waals surface area contributed by atoms with E-state index in [4.69, 9.17) is 0 Å². The Morgan fingerprint density at radius 2 is 2.10 bits per heavy atom. The van der Waals surface area contributed by atoms with Crippen molar-refractivity contribution >= 4 is 5.91 Å². The largest absolute Gasteiger partial charge is 0.334 e. The number of carbonyl (C=O) groups is 1. The monoisotopic (exact) mass is 276 g/mol. The molecule has 1 aliphatic heterocycles. The van der Waals surface area contributed by atoms with Crippen molar-refractivity contribution in [1.29, 1.82) is 0 Å². The molecule has 0 bridgehead atoms. The van der Waals surface area contributed by atoms with Crippen molar-refractivity contribution in [3.05, 3.63) is 35.6 Å². The predicted octanol–water partition coefficient (Wildman–Crippen LogP) is 2.46. The number of halogens is 1. The van der Waals surface area contributed by atoms with E-state index in [-0.39, 0.29) is 11.7 Å². The molecule has 20 heavy (non-hydrogen) atoms. The van der Waals surface area contributed by atoms with Gasteiger partial charge in [-0.25, -0.2) is 4.39 Å². The predicted molar refractivity (Wildman–Crippen MR) is 75.6 cm³/mol. The second kappa shape index (κ2) is 5.17. The van der Waals surface area contributed by atoms with Crippen molar-refractivity contribution < 1.29 is 9.18 Å². The van der Waals surface area contributed by atoms with Crippen LogP contribution in [-0.4, -0.2) is 28.9 Å². The molecule has 1 amide bonds. The molecular formula is C16H21FN2O. The lowest BCUT2D eigenvalue weighted by molar-refractivity contribution is -0.138. The number of nitrogens with zero attached hydrogens (tertiary/aromatic N) is 1. The van der Waals surface area contributed by atoms with Crippen LogP contribution in [0.4, 0.5) is 4.39 Å². The fraction of sp³-hybridized carbons (Fsp3) is 0.562. The Hall–Kier alpha value is -1.42. The van der Waals surface area contributed by atoms with Gasteiger partial charge in [-0.05, 0) is 56.8 Å². The van der Waals surface area contributed by atoms with E-state index in [1.807, 2.05) is 11.8 Å². The molecule has 1 N–H and O–H groups in total. The molecule has 3 nitrogen and oxygen atoms in total. The number of rotatable bonds is 4. The van der Waals surface area contributed by atoms with Gasteiger partial charge in [-0.15, -0.1) is 0 Å². The molecule has 4 heteroatoms. The molecule has 108 valence electrons. The van der Waals surface area contributed by atoms with Crippen LogP contribution in [0.5, 0.6) is 0 Å². The van der Waals surface area contributed by atoms with Crippen LogP contribution in [0.15, 0.2) is 24.3 Å². The second-order valence-corrected chi connectivity index (χ2v) is 6.15. The van der Waals surface area contributed by atoms with E-state index in [9.17, 15) is 9.18 Å². The summed E-state index contributed by atoms with van der Waals surface area (Å²) in [6, 6.07) is 6.82. The lowest BCUT2D eigenvalue weighted by Crippen LogP contribution is -2.53. The molecule has 0 spiro atoms. The Kier molecular flexibility index (Phi) is 3.50. The number of carbonyl (C=O) groups excluding carboxylic acids is 1. The summed E-state index contributed by atoms with van der Waals surface area (Å²) in [6.45, 7) is 3.50. The van der Waals surface area contributed by atoms with E-state index in [2.05, 4.69) is 5.32 Å². The van der Waals surface area contributed by atoms with Gasteiger partial charge in [0.25, 0.3) is 0 Å². The fourth-order valence-corrected chi connectivity index (χ4v) is 2.93. The highest BCUT2D eigenvalue weighted by molar-refractivity contribution is 5.86. The third-order valence-corrected chi connectivity index (χ3v) is 4.36. The van der Waals surface area contributed by atoms with Gasteiger partial charge in [-0.2, -0.15) is 0 Å². The van der Waals surface area contributed by atoms with Crippen LogP contribution in [0, 0.1) is 5.82 Å². The van der Waals surface area contributed by atoms with Crippen molar-refractivity contribution in [2.24, 2.45) is 0 Å². The van der Waals surface area contributed by atoms with E-state index >= 15 is 0 Å². The molecule has 1 aromatic carbocycles. The molecule has 1 aliphatic carbocycles. The van der Waals surface area contributed by atoms with Crippen LogP contribution in [0.25, 0.3) is 0 Å². The molecule has 1 saturated carbocycles. The van der Waals surface area contributed by atoms with Crippen molar-refractivity contribution in [3.63, 3.8) is 0 Å². The van der Waals surface area contributed by atoms with E-state index in [1.165, 1.54) is 12.1 Å². The molecule has 2 fully saturated rings. The maximum atomic E-state index is 13.0. The van der Waals surface area contributed by atoms with Gasteiger partial charge in [0.05, 0.1) is 5.54 Å². The third kappa shape index (κ3) is 2.70. The highest BCUT2D eigenvalue weighted by atomic mass is 19.1. The Bertz CT molecular complexity index is 490. The summed E-state index contributed by atoms with van der Waals surface area (Å²) in [6.07, 6.45) is 4.13. The maximum absolute atomic E-state index is 13.0. The number of hydrogen-bond donors (Lipinski definition) is 1. The SMILES string of the molecule is CC1(C(=O)N(Cc2ccc(F)cc2)C2CC2)CCCN1. The quantitative estimate of drug-likeness (QED) is 0.916. The minimum Gasteiger partial charge on any atom is -0.334 e. The highest BCUT2D eigenvalue weighted by Gasteiger charge is 2.43. The number of nitrogens with one attached hydrogen (secondary N) is 1. The first-order chi connectivity index (χ1) is 9.58. The van der Waals surface area contributed by atoms with Crippen LogP contribution < -0.4 is 5.32 Å². The van der Waals surface area contributed by atoms with Crippen molar-refractivity contribution in [2.45, 2.75) is 50.7 Å². The molecule has 1 atom stereocenters. The van der Waals surface area contributed by atoms with Gasteiger partial charge in [0.2, 0.25) is 5.91 Å². The van der Waals surface area contributed by atoms with Crippen LogP contribution in [0.2, 0.25) is 0 Å². The van der Waals surface area contributed by atoms with E-state index < -0.39 is 5.54 Å². The van der Waals surface area contributed by atoms with Gasteiger partial charge >= 0.3 is 0 Å². The van der Waals surface area contributed by atoms with Crippen LogP contribution >= 0.6 is 0 Å². The zero-order valence-corrected chi connectivity index (χ0v) is 11.9. The average Bonchev–Trinajstić information content (AvgIpc) is 3.19. The van der Waals surface area contributed by atoms with Crippen molar-refractivity contribution in [3.8, 4) is 0 Å². The van der Waals surface area contributed by atoms with Gasteiger partial charge in [-0.3, -0.25) is 4.79 Å². The highest BCUT2D eigenvalue weighted by Crippen LogP contribution is 2.32. The Labute approximate surface area is 119 Å². The molecule has 1 unspecified atom stereocenters. The number of hydrogen-bond acceptors (Lipinski definition) is 2. The minimum atomic E-state index is -0.414. The lowest BCUT2D eigenvalue weighted by atomic mass is 9.98. The molecule has 2 aliphatic rings. The zero-order valence-electron chi connectivity index (χ0n) is 11.9. The van der Waals surface area contributed by atoms with Gasteiger partial charge in [0.1, 0.15) is 5.82 Å². The molecule has 0 aromatic heterocycles. The number of benzene rings is 1. The smallest absolute Gasteiger partial charge is 0.243 e. The maximum Gasteiger partial charge on any atom is 0.243 e. The van der Waals surface area contributed by atoms with Crippen LogP contribution in [0.1, 0.15) is 38.2 Å². The Morgan fingerprint density at radius 3 is 2.65 bits per heavy atom. The first kappa shape index (κ1) is 13.6. The van der Waals surface area contributed by atoms with Gasteiger partial charge < -0.3 is 10.2 Å². The summed E-state index contributed by atoms with van der Waals surface area (Å²) >= 11 is 0. The summed E-state index contributed by atoms with van der Waals surface area (Å²) in [5.41, 5.74) is 0.580. The van der Waals surface area contributed by atoms with Crippen molar-refractivity contribution in [2.75, 3.05) is 6.54 Å². The van der Waals surface area contributed by atoms with E-state index in [0.29, 0.717) is 12.6 Å². The molecule has 1 heterocycles. The van der Waals surface area contributed by atoms with E-state index in [1.54, 1.807) is 12.1 Å². The van der Waals surface area contributed by atoms with Gasteiger partial charge in [0.15, 0.2) is 0 Å². The Balaban J connectivity index is 1.75. The molecule has 0 radical (unpaired) electrons. The van der Waals surface area contributed by atoms with E-state index in [0.717, 1.165) is 37.8 Å².